The van der Waals surface area contributed by atoms with E-state index in [1.807, 2.05) is 6.08 Å². The Balaban J connectivity index is 2.31. The molecule has 1 N–H and O–H groups in total. The molecule has 1 aliphatic heterocycles. The number of nitrogens with one attached hydrogen (secondary N) is 1. The molecular weight excluding hydrogens is 136 g/mol. The summed E-state index contributed by atoms with van der Waals surface area (Å²) in [6, 6.07) is 0.686. The van der Waals surface area contributed by atoms with Crippen molar-refractivity contribution >= 4 is 0 Å². The smallest absolute Gasteiger partial charge is 0.0224 e. The van der Waals surface area contributed by atoms with Gasteiger partial charge in [-0.25, -0.2) is 0 Å². The van der Waals surface area contributed by atoms with Crippen molar-refractivity contribution in [1.82, 2.24) is 10.2 Å². The lowest BCUT2D eigenvalue weighted by Gasteiger charge is -2.22. The predicted molar refractivity (Wildman–Crippen MR) is 48.2 cm³/mol. The van der Waals surface area contributed by atoms with Gasteiger partial charge in [-0.2, -0.15) is 0 Å². The molecule has 2 nitrogen and oxygen atoms in total. The molecule has 1 heterocycles. The molecule has 11 heavy (non-hydrogen) atoms. The summed E-state index contributed by atoms with van der Waals surface area (Å²) in [5.74, 6) is 0. The Morgan fingerprint density at radius 3 is 3.09 bits per heavy atom. The number of likely N-dealkylation sites (tertiary alicyclic amines) is 1. The summed E-state index contributed by atoms with van der Waals surface area (Å²) in [7, 11) is 3.64. The van der Waals surface area contributed by atoms with E-state index in [9.17, 15) is 0 Å². The zero-order chi connectivity index (χ0) is 8.10. The maximum Gasteiger partial charge on any atom is 0.0224 e. The van der Waals surface area contributed by atoms with E-state index in [0.717, 1.165) is 13.1 Å². The van der Waals surface area contributed by atoms with Crippen molar-refractivity contribution in [2.45, 2.75) is 18.9 Å². The van der Waals surface area contributed by atoms with Crippen LogP contribution in [0, 0.1) is 7.05 Å². The molecule has 0 aromatic carbocycles. The molecule has 1 saturated heterocycles. The lowest BCUT2D eigenvalue weighted by molar-refractivity contribution is 0.278. The third-order valence-corrected chi connectivity index (χ3v) is 2.24. The first-order valence-corrected chi connectivity index (χ1v) is 4.23. The van der Waals surface area contributed by atoms with Crippen LogP contribution in [0.15, 0.2) is 12.7 Å². The average molecular weight is 153 g/mol. The maximum atomic E-state index is 3.74. The van der Waals surface area contributed by atoms with Crippen LogP contribution in [0.1, 0.15) is 12.8 Å². The van der Waals surface area contributed by atoms with Gasteiger partial charge >= 0.3 is 0 Å². The Hall–Kier alpha value is -0.340. The quantitative estimate of drug-likeness (QED) is 0.607. The van der Waals surface area contributed by atoms with Crippen molar-refractivity contribution in [3.63, 3.8) is 0 Å². The van der Waals surface area contributed by atoms with E-state index in [0.29, 0.717) is 6.04 Å². The second-order valence-corrected chi connectivity index (χ2v) is 3.03. The van der Waals surface area contributed by atoms with Crippen LogP contribution in [-0.2, 0) is 0 Å². The fourth-order valence-electron chi connectivity index (χ4n) is 1.70. The van der Waals surface area contributed by atoms with Gasteiger partial charge in [0.1, 0.15) is 0 Å². The number of nitrogens with zero attached hydrogens (tertiary/aromatic N) is 1. The van der Waals surface area contributed by atoms with Crippen molar-refractivity contribution in [1.29, 1.82) is 0 Å². The molecule has 0 saturated carbocycles. The molecule has 0 spiro atoms. The lowest BCUT2D eigenvalue weighted by Crippen LogP contribution is -2.36. The van der Waals surface area contributed by atoms with Crippen LogP contribution < -0.4 is 5.32 Å². The van der Waals surface area contributed by atoms with Crippen LogP contribution in [0.4, 0.5) is 0 Å². The highest BCUT2D eigenvalue weighted by atomic mass is 15.2. The summed E-state index contributed by atoms with van der Waals surface area (Å²) in [5, 5.41) is 2.97. The van der Waals surface area contributed by atoms with E-state index in [1.165, 1.54) is 19.4 Å². The van der Waals surface area contributed by atoms with Gasteiger partial charge in [-0.15, -0.1) is 6.58 Å². The molecule has 0 bridgehead atoms. The Kier molecular flexibility index (Phi) is 3.60. The molecule has 1 fully saturated rings. The van der Waals surface area contributed by atoms with Gasteiger partial charge < -0.3 is 5.32 Å². The van der Waals surface area contributed by atoms with Gasteiger partial charge in [0.05, 0.1) is 0 Å². The highest BCUT2D eigenvalue weighted by molar-refractivity contribution is 4.85. The van der Waals surface area contributed by atoms with Crippen LogP contribution in [0.3, 0.4) is 0 Å². The van der Waals surface area contributed by atoms with Gasteiger partial charge in [0, 0.05) is 26.2 Å². The summed E-state index contributed by atoms with van der Waals surface area (Å²) in [6.45, 7) is 6.99. The van der Waals surface area contributed by atoms with Crippen LogP contribution in [0.5, 0.6) is 0 Å². The minimum Gasteiger partial charge on any atom is -0.314 e. The Labute approximate surface area is 69.3 Å². The molecule has 1 unspecified atom stereocenters. The monoisotopic (exact) mass is 153 g/mol. The van der Waals surface area contributed by atoms with Crippen molar-refractivity contribution < 1.29 is 0 Å². The molecule has 0 aromatic rings. The topological polar surface area (TPSA) is 15.3 Å². The van der Waals surface area contributed by atoms with Crippen molar-refractivity contribution in [2.75, 3.05) is 19.6 Å². The number of rotatable bonds is 4. The molecule has 0 amide bonds. The molecule has 1 atom stereocenters. The molecule has 0 aliphatic carbocycles. The van der Waals surface area contributed by atoms with Crippen molar-refractivity contribution in [3.8, 4) is 0 Å². The lowest BCUT2D eigenvalue weighted by atomic mass is 10.2. The van der Waals surface area contributed by atoms with Gasteiger partial charge in [-0.05, 0) is 19.4 Å². The second-order valence-electron chi connectivity index (χ2n) is 3.03. The fraction of sp³-hybridized carbons (Fsp3) is 0.667. The zero-order valence-corrected chi connectivity index (χ0v) is 7.05. The predicted octanol–water partition coefficient (Wildman–Crippen LogP) is 1.02. The van der Waals surface area contributed by atoms with E-state index >= 15 is 0 Å². The van der Waals surface area contributed by atoms with E-state index in [4.69, 9.17) is 0 Å². The van der Waals surface area contributed by atoms with E-state index in [2.05, 4.69) is 23.8 Å². The van der Waals surface area contributed by atoms with Crippen molar-refractivity contribution in [2.24, 2.45) is 0 Å². The van der Waals surface area contributed by atoms with Gasteiger partial charge in [-0.3, -0.25) is 4.90 Å². The molecule has 1 rings (SSSR count). The first-order chi connectivity index (χ1) is 5.38. The molecule has 0 aromatic heterocycles. The Morgan fingerprint density at radius 2 is 2.45 bits per heavy atom. The van der Waals surface area contributed by atoms with Crippen LogP contribution in [-0.4, -0.2) is 30.6 Å². The van der Waals surface area contributed by atoms with Gasteiger partial charge in [0.2, 0.25) is 0 Å². The van der Waals surface area contributed by atoms with Gasteiger partial charge in [-0.1, -0.05) is 6.08 Å². The summed E-state index contributed by atoms with van der Waals surface area (Å²) in [6.07, 6.45) is 4.60. The Morgan fingerprint density at radius 1 is 1.64 bits per heavy atom. The minimum atomic E-state index is 0.686. The van der Waals surface area contributed by atoms with Crippen LogP contribution in [0.25, 0.3) is 0 Å². The zero-order valence-electron chi connectivity index (χ0n) is 7.05. The minimum absolute atomic E-state index is 0.686. The molecule has 1 radical (unpaired) electrons. The second kappa shape index (κ2) is 4.52. The fourth-order valence-corrected chi connectivity index (χ4v) is 1.70. The van der Waals surface area contributed by atoms with Gasteiger partial charge in [0.25, 0.3) is 0 Å². The normalized spacial score (nSPS) is 25.7. The highest BCUT2D eigenvalue weighted by Crippen LogP contribution is 2.15. The largest absolute Gasteiger partial charge is 0.314 e. The number of hydrogen-bond acceptors (Lipinski definition) is 2. The molecular formula is C9H17N2. The van der Waals surface area contributed by atoms with Gasteiger partial charge in [0.15, 0.2) is 0 Å². The summed E-state index contributed by atoms with van der Waals surface area (Å²) in [4.78, 5) is 2.45. The average Bonchev–Trinajstić information content (AvgIpc) is 2.39. The SMILES string of the molecule is [CH2]NCC1CCCN1CC=C. The first-order valence-electron chi connectivity index (χ1n) is 4.23. The van der Waals surface area contributed by atoms with Crippen LogP contribution >= 0.6 is 0 Å². The summed E-state index contributed by atoms with van der Waals surface area (Å²) in [5.41, 5.74) is 0. The van der Waals surface area contributed by atoms with Crippen LogP contribution in [0.2, 0.25) is 0 Å². The Bertz CT molecular complexity index is 123. The maximum absolute atomic E-state index is 3.74. The number of hydrogen-bond donors (Lipinski definition) is 1. The molecule has 2 heteroatoms. The van der Waals surface area contributed by atoms with E-state index in [1.54, 1.807) is 0 Å². The highest BCUT2D eigenvalue weighted by Gasteiger charge is 2.21. The van der Waals surface area contributed by atoms with E-state index < -0.39 is 0 Å². The molecule has 63 valence electrons. The summed E-state index contributed by atoms with van der Waals surface area (Å²) < 4.78 is 0. The summed E-state index contributed by atoms with van der Waals surface area (Å²) >= 11 is 0. The standard InChI is InChI=1S/C9H17N2/c1-3-6-11-7-4-5-9(11)8-10-2/h3,9-10H,1-2,4-8H2. The molecule has 1 aliphatic rings. The van der Waals surface area contributed by atoms with Crippen molar-refractivity contribution in [3.05, 3.63) is 19.7 Å². The first kappa shape index (κ1) is 8.75. The van der Waals surface area contributed by atoms with E-state index in [-0.39, 0.29) is 0 Å². The third-order valence-electron chi connectivity index (χ3n) is 2.24. The third kappa shape index (κ3) is 2.31.